The van der Waals surface area contributed by atoms with Crippen LogP contribution in [0.3, 0.4) is 0 Å². The third kappa shape index (κ3) is 3.30. The molecule has 0 aromatic heterocycles. The first-order chi connectivity index (χ1) is 9.43. The van der Waals surface area contributed by atoms with Crippen LogP contribution in [0, 0.1) is 0 Å². The fraction of sp³-hybridized carbons (Fsp3) is 1.00. The molecule has 0 aromatic carbocycles. The Morgan fingerprint density at radius 2 is 1.75 bits per heavy atom. The quantitative estimate of drug-likeness (QED) is 0.421. The number of hydrogen-bond donors (Lipinski definition) is 5. The summed E-state index contributed by atoms with van der Waals surface area (Å²) in [6, 6.07) is -1.23. The van der Waals surface area contributed by atoms with Gasteiger partial charge in [-0.05, 0) is 25.7 Å². The van der Waals surface area contributed by atoms with Crippen LogP contribution in [0.25, 0.3) is 0 Å². The summed E-state index contributed by atoms with van der Waals surface area (Å²) in [5, 5.41) is 19.9. The zero-order chi connectivity index (χ0) is 14.9. The van der Waals surface area contributed by atoms with E-state index in [9.17, 15) is 10.2 Å². The van der Waals surface area contributed by atoms with E-state index in [1.165, 1.54) is 0 Å². The van der Waals surface area contributed by atoms with Gasteiger partial charge in [-0.3, -0.25) is 0 Å². The molecule has 1 saturated carbocycles. The van der Waals surface area contributed by atoms with Gasteiger partial charge in [-0.15, -0.1) is 0 Å². The molecule has 1 aliphatic carbocycles. The molecular weight excluding hydrogens is 262 g/mol. The van der Waals surface area contributed by atoms with Gasteiger partial charge in [0.1, 0.15) is 12.2 Å². The van der Waals surface area contributed by atoms with Gasteiger partial charge in [0.25, 0.3) is 0 Å². The maximum atomic E-state index is 10.1. The lowest BCUT2D eigenvalue weighted by atomic mass is 9.84. The third-order valence-electron chi connectivity index (χ3n) is 4.34. The van der Waals surface area contributed by atoms with Gasteiger partial charge in [0.2, 0.25) is 0 Å². The molecule has 1 heterocycles. The Morgan fingerprint density at radius 1 is 1.05 bits per heavy atom. The lowest BCUT2D eigenvalue weighted by Gasteiger charge is -2.43. The van der Waals surface area contributed by atoms with E-state index in [1.807, 2.05) is 6.92 Å². The van der Waals surface area contributed by atoms with Crippen LogP contribution in [-0.4, -0.2) is 59.0 Å². The molecule has 7 nitrogen and oxygen atoms in total. The molecule has 8 N–H and O–H groups in total. The molecule has 2 rings (SSSR count). The van der Waals surface area contributed by atoms with Gasteiger partial charge in [0.15, 0.2) is 6.29 Å². The molecular formula is C13H27N3O4. The van der Waals surface area contributed by atoms with Gasteiger partial charge in [0.05, 0.1) is 18.2 Å². The standard InChI is InChI=1S/C13H27N3O4/c1-2-6-3-4-7(14)13(19-6)20-12-9(16)5-8(15)10(17)11(12)18/h6-13,17-18H,2-5,14-16H2,1H3. The highest BCUT2D eigenvalue weighted by atomic mass is 16.7. The van der Waals surface area contributed by atoms with E-state index < -0.39 is 36.7 Å². The summed E-state index contributed by atoms with van der Waals surface area (Å²) in [5.74, 6) is 0. The molecule has 1 saturated heterocycles. The van der Waals surface area contributed by atoms with Crippen molar-refractivity contribution in [1.29, 1.82) is 0 Å². The van der Waals surface area contributed by atoms with Crippen molar-refractivity contribution in [2.45, 2.75) is 81.4 Å². The van der Waals surface area contributed by atoms with Crippen molar-refractivity contribution in [3.63, 3.8) is 0 Å². The Hall–Kier alpha value is -0.280. The molecule has 0 spiro atoms. The summed E-state index contributed by atoms with van der Waals surface area (Å²) < 4.78 is 11.6. The number of aliphatic hydroxyl groups excluding tert-OH is 2. The second kappa shape index (κ2) is 6.65. The minimum Gasteiger partial charge on any atom is -0.389 e. The van der Waals surface area contributed by atoms with Gasteiger partial charge >= 0.3 is 0 Å². The summed E-state index contributed by atoms with van der Waals surface area (Å²) in [5.41, 5.74) is 17.7. The smallest absolute Gasteiger partial charge is 0.173 e. The normalized spacial score (nSPS) is 50.1. The van der Waals surface area contributed by atoms with Crippen LogP contribution < -0.4 is 17.2 Å². The Morgan fingerprint density at radius 3 is 2.40 bits per heavy atom. The lowest BCUT2D eigenvalue weighted by molar-refractivity contribution is -0.253. The number of ether oxygens (including phenoxy) is 2. The van der Waals surface area contributed by atoms with Crippen LogP contribution in [0.2, 0.25) is 0 Å². The highest BCUT2D eigenvalue weighted by Crippen LogP contribution is 2.27. The monoisotopic (exact) mass is 289 g/mol. The fourth-order valence-corrected chi connectivity index (χ4v) is 2.93. The molecule has 2 fully saturated rings. The highest BCUT2D eigenvalue weighted by molar-refractivity contribution is 4.98. The number of nitrogens with two attached hydrogens (primary N) is 3. The molecule has 7 heteroatoms. The third-order valence-corrected chi connectivity index (χ3v) is 4.34. The van der Waals surface area contributed by atoms with Gasteiger partial charge in [-0.1, -0.05) is 6.92 Å². The van der Waals surface area contributed by atoms with Gasteiger partial charge in [-0.25, -0.2) is 0 Å². The van der Waals surface area contributed by atoms with E-state index >= 15 is 0 Å². The summed E-state index contributed by atoms with van der Waals surface area (Å²) in [6.45, 7) is 2.04. The van der Waals surface area contributed by atoms with Crippen molar-refractivity contribution < 1.29 is 19.7 Å². The number of rotatable bonds is 3. The van der Waals surface area contributed by atoms with Crippen molar-refractivity contribution in [1.82, 2.24) is 0 Å². The molecule has 2 aliphatic rings. The Kier molecular flexibility index (Phi) is 5.36. The van der Waals surface area contributed by atoms with Crippen LogP contribution in [0.5, 0.6) is 0 Å². The average Bonchev–Trinajstić information content (AvgIpc) is 2.43. The van der Waals surface area contributed by atoms with Crippen LogP contribution in [-0.2, 0) is 9.47 Å². The number of aliphatic hydroxyl groups is 2. The lowest BCUT2D eigenvalue weighted by Crippen LogP contribution is -2.63. The van der Waals surface area contributed by atoms with E-state index in [4.69, 9.17) is 26.7 Å². The topological polar surface area (TPSA) is 137 Å². The Balaban J connectivity index is 2.00. The highest BCUT2D eigenvalue weighted by Gasteiger charge is 2.43. The Bertz CT molecular complexity index is 320. The maximum Gasteiger partial charge on any atom is 0.173 e. The molecule has 0 amide bonds. The molecule has 0 radical (unpaired) electrons. The van der Waals surface area contributed by atoms with Crippen molar-refractivity contribution in [2.75, 3.05) is 0 Å². The predicted molar refractivity (Wildman–Crippen MR) is 73.6 cm³/mol. The van der Waals surface area contributed by atoms with Gasteiger partial charge in [0, 0.05) is 12.1 Å². The molecule has 8 atom stereocenters. The van der Waals surface area contributed by atoms with Gasteiger partial charge < -0.3 is 36.9 Å². The minimum atomic E-state index is -1.12. The first-order valence-corrected chi connectivity index (χ1v) is 7.37. The van der Waals surface area contributed by atoms with Crippen LogP contribution in [0.15, 0.2) is 0 Å². The second-order valence-electron chi connectivity index (χ2n) is 5.92. The minimum absolute atomic E-state index is 0.115. The van der Waals surface area contributed by atoms with Gasteiger partial charge in [-0.2, -0.15) is 0 Å². The summed E-state index contributed by atoms with van der Waals surface area (Å²) in [6.07, 6.45) is -0.357. The fourth-order valence-electron chi connectivity index (χ4n) is 2.93. The molecule has 0 aromatic rings. The van der Waals surface area contributed by atoms with E-state index in [-0.39, 0.29) is 12.1 Å². The molecule has 118 valence electrons. The van der Waals surface area contributed by atoms with Crippen LogP contribution in [0.4, 0.5) is 0 Å². The summed E-state index contributed by atoms with van der Waals surface area (Å²) in [4.78, 5) is 0. The predicted octanol–water partition coefficient (Wildman–Crippen LogP) is -1.61. The van der Waals surface area contributed by atoms with Crippen molar-refractivity contribution in [2.24, 2.45) is 17.2 Å². The zero-order valence-corrected chi connectivity index (χ0v) is 11.9. The van der Waals surface area contributed by atoms with E-state index in [2.05, 4.69) is 0 Å². The van der Waals surface area contributed by atoms with E-state index in [0.29, 0.717) is 6.42 Å². The van der Waals surface area contributed by atoms with E-state index in [1.54, 1.807) is 0 Å². The van der Waals surface area contributed by atoms with Crippen molar-refractivity contribution >= 4 is 0 Å². The maximum absolute atomic E-state index is 10.1. The van der Waals surface area contributed by atoms with E-state index in [0.717, 1.165) is 19.3 Å². The SMILES string of the molecule is CCC1CCC(N)C(OC2C(N)CC(N)C(O)C2O)O1. The largest absolute Gasteiger partial charge is 0.389 e. The average molecular weight is 289 g/mol. The first-order valence-electron chi connectivity index (χ1n) is 7.37. The first kappa shape index (κ1) is 16.1. The van der Waals surface area contributed by atoms with Crippen LogP contribution in [0.1, 0.15) is 32.6 Å². The molecule has 8 unspecified atom stereocenters. The van der Waals surface area contributed by atoms with Crippen LogP contribution >= 0.6 is 0 Å². The number of hydrogen-bond acceptors (Lipinski definition) is 7. The zero-order valence-electron chi connectivity index (χ0n) is 11.9. The molecule has 0 bridgehead atoms. The van der Waals surface area contributed by atoms with Crippen molar-refractivity contribution in [3.05, 3.63) is 0 Å². The van der Waals surface area contributed by atoms with Crippen molar-refractivity contribution in [3.8, 4) is 0 Å². The summed E-state index contributed by atoms with van der Waals surface area (Å²) >= 11 is 0. The molecule has 1 aliphatic heterocycles. The second-order valence-corrected chi connectivity index (χ2v) is 5.92. The molecule has 20 heavy (non-hydrogen) atoms. The Labute approximate surface area is 119 Å². The summed E-state index contributed by atoms with van der Waals surface area (Å²) in [7, 11) is 0.